The molecule has 0 unspecified atom stereocenters. The molecular weight excluding hydrogens is 288 g/mol. The lowest BCUT2D eigenvalue weighted by Crippen LogP contribution is -2.22. The summed E-state index contributed by atoms with van der Waals surface area (Å²) in [5, 5.41) is 6.10. The van der Waals surface area contributed by atoms with Gasteiger partial charge in [0.15, 0.2) is 0 Å². The van der Waals surface area contributed by atoms with E-state index in [1.165, 1.54) is 5.56 Å². The molecule has 0 aliphatic rings. The maximum absolute atomic E-state index is 12.1. The van der Waals surface area contributed by atoms with Gasteiger partial charge in [-0.15, -0.1) is 0 Å². The third-order valence-corrected chi connectivity index (χ3v) is 3.53. The van der Waals surface area contributed by atoms with E-state index in [9.17, 15) is 4.79 Å². The Morgan fingerprint density at radius 1 is 1.09 bits per heavy atom. The van der Waals surface area contributed by atoms with Crippen molar-refractivity contribution in [2.75, 3.05) is 23.8 Å². The van der Waals surface area contributed by atoms with Gasteiger partial charge in [0.05, 0.1) is 13.2 Å². The number of carbonyl (C=O) groups is 1. The summed E-state index contributed by atoms with van der Waals surface area (Å²) >= 11 is 0. The number of hydrogen-bond donors (Lipinski definition) is 2. The Kier molecular flexibility index (Phi) is 5.63. The summed E-state index contributed by atoms with van der Waals surface area (Å²) < 4.78 is 5.43. The number of benzene rings is 2. The topological polar surface area (TPSA) is 50.4 Å². The molecule has 0 heterocycles. The van der Waals surface area contributed by atoms with Crippen LogP contribution in [0.3, 0.4) is 0 Å². The number of aryl methyl sites for hydroxylation is 3. The van der Waals surface area contributed by atoms with Crippen molar-refractivity contribution in [2.24, 2.45) is 0 Å². The zero-order chi connectivity index (χ0) is 16.8. The molecule has 0 bridgehead atoms. The van der Waals surface area contributed by atoms with Crippen molar-refractivity contribution in [2.45, 2.75) is 27.7 Å². The van der Waals surface area contributed by atoms with Crippen LogP contribution in [-0.4, -0.2) is 19.1 Å². The van der Waals surface area contributed by atoms with E-state index in [2.05, 4.69) is 29.7 Å². The number of hydrogen-bond acceptors (Lipinski definition) is 3. The summed E-state index contributed by atoms with van der Waals surface area (Å²) in [5.41, 5.74) is 5.28. The number of anilines is 2. The highest BCUT2D eigenvalue weighted by atomic mass is 16.5. The lowest BCUT2D eigenvalue weighted by atomic mass is 10.1. The summed E-state index contributed by atoms with van der Waals surface area (Å²) in [6.45, 7) is 8.93. The molecule has 0 saturated heterocycles. The van der Waals surface area contributed by atoms with Crippen molar-refractivity contribution < 1.29 is 9.53 Å². The lowest BCUT2D eigenvalue weighted by molar-refractivity contribution is -0.114. The summed E-state index contributed by atoms with van der Waals surface area (Å²) in [6.07, 6.45) is 0. The van der Waals surface area contributed by atoms with Gasteiger partial charge in [-0.1, -0.05) is 23.8 Å². The first kappa shape index (κ1) is 16.9. The largest absolute Gasteiger partial charge is 0.494 e. The van der Waals surface area contributed by atoms with E-state index in [-0.39, 0.29) is 12.5 Å². The number of nitrogens with one attached hydrogen (secondary N) is 2. The van der Waals surface area contributed by atoms with Gasteiger partial charge in [-0.3, -0.25) is 4.79 Å². The Hall–Kier alpha value is -2.49. The highest BCUT2D eigenvalue weighted by Gasteiger charge is 2.07. The van der Waals surface area contributed by atoms with Crippen LogP contribution in [0.25, 0.3) is 0 Å². The quantitative estimate of drug-likeness (QED) is 0.845. The number of ether oxygens (including phenoxy) is 1. The number of carbonyl (C=O) groups excluding carboxylic acids is 1. The molecule has 2 N–H and O–H groups in total. The molecule has 0 aliphatic carbocycles. The summed E-state index contributed by atoms with van der Waals surface area (Å²) in [4.78, 5) is 12.1. The highest BCUT2D eigenvalue weighted by molar-refractivity contribution is 5.94. The van der Waals surface area contributed by atoms with Crippen molar-refractivity contribution in [3.63, 3.8) is 0 Å². The molecule has 2 aromatic rings. The fraction of sp³-hybridized carbons (Fsp3) is 0.316. The van der Waals surface area contributed by atoms with Crippen LogP contribution in [0.2, 0.25) is 0 Å². The molecule has 23 heavy (non-hydrogen) atoms. The van der Waals surface area contributed by atoms with E-state index in [0.717, 1.165) is 28.3 Å². The number of rotatable bonds is 6. The normalized spacial score (nSPS) is 10.3. The number of amides is 1. The molecule has 1 amide bonds. The molecule has 4 heteroatoms. The molecule has 4 nitrogen and oxygen atoms in total. The van der Waals surface area contributed by atoms with Gasteiger partial charge in [-0.2, -0.15) is 0 Å². The average Bonchev–Trinajstić information content (AvgIpc) is 2.46. The van der Waals surface area contributed by atoms with Gasteiger partial charge in [0.2, 0.25) is 5.91 Å². The van der Waals surface area contributed by atoms with Crippen molar-refractivity contribution in [3.05, 3.63) is 53.1 Å². The maximum atomic E-state index is 12.1. The van der Waals surface area contributed by atoms with E-state index in [1.807, 2.05) is 45.0 Å². The fourth-order valence-corrected chi connectivity index (χ4v) is 2.66. The van der Waals surface area contributed by atoms with Crippen LogP contribution in [0.4, 0.5) is 11.4 Å². The second kappa shape index (κ2) is 7.68. The van der Waals surface area contributed by atoms with Crippen molar-refractivity contribution >= 4 is 17.3 Å². The first-order valence-corrected chi connectivity index (χ1v) is 7.84. The predicted octanol–water partition coefficient (Wildman–Crippen LogP) is 4.06. The zero-order valence-corrected chi connectivity index (χ0v) is 14.2. The van der Waals surface area contributed by atoms with Crippen LogP contribution in [0.1, 0.15) is 23.6 Å². The van der Waals surface area contributed by atoms with E-state index in [1.54, 1.807) is 0 Å². The average molecular weight is 312 g/mol. The van der Waals surface area contributed by atoms with Crippen LogP contribution in [-0.2, 0) is 4.79 Å². The van der Waals surface area contributed by atoms with Crippen molar-refractivity contribution in [1.82, 2.24) is 0 Å². The SMILES string of the molecule is CCOc1cccc(NC(=O)CNc2c(C)cc(C)cc2C)c1. The van der Waals surface area contributed by atoms with Gasteiger partial charge in [0.25, 0.3) is 0 Å². The minimum atomic E-state index is -0.0852. The smallest absolute Gasteiger partial charge is 0.243 e. The minimum absolute atomic E-state index is 0.0852. The van der Waals surface area contributed by atoms with Crippen LogP contribution in [0, 0.1) is 20.8 Å². The minimum Gasteiger partial charge on any atom is -0.494 e. The molecule has 0 spiro atoms. The van der Waals surface area contributed by atoms with Crippen LogP contribution in [0.5, 0.6) is 5.75 Å². The molecular formula is C19H24N2O2. The molecule has 0 atom stereocenters. The molecule has 2 aromatic carbocycles. The Labute approximate surface area is 137 Å². The van der Waals surface area contributed by atoms with Gasteiger partial charge < -0.3 is 15.4 Å². The van der Waals surface area contributed by atoms with Gasteiger partial charge in [-0.25, -0.2) is 0 Å². The van der Waals surface area contributed by atoms with E-state index in [4.69, 9.17) is 4.74 Å². The molecule has 122 valence electrons. The summed E-state index contributed by atoms with van der Waals surface area (Å²) in [7, 11) is 0. The van der Waals surface area contributed by atoms with Gasteiger partial charge >= 0.3 is 0 Å². The molecule has 0 saturated carbocycles. The van der Waals surface area contributed by atoms with Crippen molar-refractivity contribution in [1.29, 1.82) is 0 Å². The lowest BCUT2D eigenvalue weighted by Gasteiger charge is -2.14. The monoisotopic (exact) mass is 312 g/mol. The Bertz CT molecular complexity index is 673. The third kappa shape index (κ3) is 4.74. The molecule has 2 rings (SSSR count). The van der Waals surface area contributed by atoms with Crippen LogP contribution < -0.4 is 15.4 Å². The van der Waals surface area contributed by atoms with E-state index >= 15 is 0 Å². The first-order valence-electron chi connectivity index (χ1n) is 7.84. The molecule has 0 radical (unpaired) electrons. The highest BCUT2D eigenvalue weighted by Crippen LogP contribution is 2.22. The Morgan fingerprint density at radius 3 is 2.43 bits per heavy atom. The maximum Gasteiger partial charge on any atom is 0.243 e. The molecule has 0 aromatic heterocycles. The summed E-state index contributed by atoms with van der Waals surface area (Å²) in [5.74, 6) is 0.668. The molecule has 0 aliphatic heterocycles. The standard InChI is InChI=1S/C19H24N2O2/c1-5-23-17-8-6-7-16(11-17)21-18(22)12-20-19-14(3)9-13(2)10-15(19)4/h6-11,20H,5,12H2,1-4H3,(H,21,22). The van der Waals surface area contributed by atoms with Crippen LogP contribution in [0.15, 0.2) is 36.4 Å². The Balaban J connectivity index is 1.97. The van der Waals surface area contributed by atoms with E-state index < -0.39 is 0 Å². The second-order valence-corrected chi connectivity index (χ2v) is 5.64. The predicted molar refractivity (Wildman–Crippen MR) is 95.4 cm³/mol. The third-order valence-electron chi connectivity index (χ3n) is 3.53. The van der Waals surface area contributed by atoms with Crippen LogP contribution >= 0.6 is 0 Å². The molecule has 0 fully saturated rings. The summed E-state index contributed by atoms with van der Waals surface area (Å²) in [6, 6.07) is 11.6. The van der Waals surface area contributed by atoms with Gasteiger partial charge in [0.1, 0.15) is 5.75 Å². The van der Waals surface area contributed by atoms with Gasteiger partial charge in [0, 0.05) is 17.4 Å². The second-order valence-electron chi connectivity index (χ2n) is 5.64. The Morgan fingerprint density at radius 2 is 1.78 bits per heavy atom. The fourth-order valence-electron chi connectivity index (χ4n) is 2.66. The van der Waals surface area contributed by atoms with Crippen molar-refractivity contribution in [3.8, 4) is 5.75 Å². The zero-order valence-electron chi connectivity index (χ0n) is 14.2. The first-order chi connectivity index (χ1) is 11.0. The van der Waals surface area contributed by atoms with Gasteiger partial charge in [-0.05, 0) is 51.0 Å². The van der Waals surface area contributed by atoms with E-state index in [0.29, 0.717) is 6.61 Å².